The number of carbonyl (C=O) groups is 1. The molecule has 1 aromatic carbocycles. The molecule has 23 heavy (non-hydrogen) atoms. The third-order valence-electron chi connectivity index (χ3n) is 3.07. The fourth-order valence-corrected chi connectivity index (χ4v) is 2.47. The number of thiocarbonyl (C=S) groups is 1. The molecule has 1 amide bonds. The first kappa shape index (κ1) is 17.3. The van der Waals surface area contributed by atoms with Gasteiger partial charge in [-0.3, -0.25) is 9.69 Å². The van der Waals surface area contributed by atoms with Crippen LogP contribution in [0.2, 0.25) is 5.02 Å². The van der Waals surface area contributed by atoms with E-state index < -0.39 is 0 Å². The third kappa shape index (κ3) is 3.83. The van der Waals surface area contributed by atoms with Crippen molar-refractivity contribution in [2.45, 2.75) is 6.92 Å². The number of nitrogens with zero attached hydrogens (tertiary/aromatic N) is 1. The lowest BCUT2D eigenvalue weighted by Gasteiger charge is -2.13. The molecule has 1 aliphatic rings. The number of hydrogen-bond donors (Lipinski definition) is 1. The predicted molar refractivity (Wildman–Crippen MR) is 94.8 cm³/mol. The molecule has 0 spiro atoms. The van der Waals surface area contributed by atoms with Crippen LogP contribution in [0.25, 0.3) is 6.08 Å². The highest BCUT2D eigenvalue weighted by Crippen LogP contribution is 2.37. The number of nitrogens with one attached hydrogen (secondary N) is 1. The van der Waals surface area contributed by atoms with Gasteiger partial charge in [0.1, 0.15) is 12.3 Å². The Morgan fingerprint density at radius 3 is 2.74 bits per heavy atom. The lowest BCUT2D eigenvalue weighted by Crippen LogP contribution is -2.25. The van der Waals surface area contributed by atoms with Crippen LogP contribution in [0.4, 0.5) is 0 Å². The summed E-state index contributed by atoms with van der Waals surface area (Å²) in [5.74, 6) is 0.764. The van der Waals surface area contributed by atoms with Crippen molar-refractivity contribution in [3.05, 3.63) is 41.1 Å². The Hall–Kier alpha value is -2.05. The monoisotopic (exact) mass is 352 g/mol. The van der Waals surface area contributed by atoms with Gasteiger partial charge >= 0.3 is 0 Å². The van der Waals surface area contributed by atoms with Crippen molar-refractivity contribution < 1.29 is 14.3 Å². The average Bonchev–Trinajstić information content (AvgIpc) is 2.74. The highest BCUT2D eigenvalue weighted by Gasteiger charge is 2.27. The minimum absolute atomic E-state index is 0.198. The Balaban J connectivity index is 2.39. The predicted octanol–water partition coefficient (Wildman–Crippen LogP) is 2.99. The topological polar surface area (TPSA) is 50.8 Å². The third-order valence-corrected chi connectivity index (χ3v) is 3.73. The van der Waals surface area contributed by atoms with Crippen LogP contribution < -0.4 is 14.8 Å². The minimum atomic E-state index is -0.198. The Bertz CT molecular complexity index is 688. The van der Waals surface area contributed by atoms with Crippen LogP contribution in [-0.2, 0) is 4.79 Å². The van der Waals surface area contributed by atoms with Crippen molar-refractivity contribution in [2.75, 3.05) is 20.3 Å². The molecule has 0 bridgehead atoms. The van der Waals surface area contributed by atoms with E-state index in [1.165, 1.54) is 4.90 Å². The molecule has 1 aliphatic heterocycles. The standard InChI is InChI=1S/C16H17ClN2O3S/c1-4-6-22-14-11(17)7-10(9-13(14)21-5-2)8-12-15(20)19(3)16(23)18-12/h4,7-9H,1,5-6H2,2-3H3,(H,18,23). The largest absolute Gasteiger partial charge is 0.490 e. The smallest absolute Gasteiger partial charge is 0.276 e. The summed E-state index contributed by atoms with van der Waals surface area (Å²) in [6, 6.07) is 3.46. The van der Waals surface area contributed by atoms with Gasteiger partial charge in [0.15, 0.2) is 16.6 Å². The highest BCUT2D eigenvalue weighted by molar-refractivity contribution is 7.80. The number of rotatable bonds is 6. The number of ether oxygens (including phenoxy) is 2. The van der Waals surface area contributed by atoms with Crippen LogP contribution in [0.5, 0.6) is 11.5 Å². The van der Waals surface area contributed by atoms with Crippen LogP contribution >= 0.6 is 23.8 Å². The molecule has 0 radical (unpaired) electrons. The normalized spacial score (nSPS) is 15.8. The fraction of sp³-hybridized carbons (Fsp3) is 0.250. The van der Waals surface area contributed by atoms with Gasteiger partial charge in [-0.2, -0.15) is 0 Å². The first-order chi connectivity index (χ1) is 11.0. The van der Waals surface area contributed by atoms with Crippen LogP contribution in [0, 0.1) is 0 Å². The molecule has 0 unspecified atom stereocenters. The summed E-state index contributed by atoms with van der Waals surface area (Å²) in [4.78, 5) is 13.4. The van der Waals surface area contributed by atoms with E-state index >= 15 is 0 Å². The highest BCUT2D eigenvalue weighted by atomic mass is 35.5. The van der Waals surface area contributed by atoms with E-state index in [-0.39, 0.29) is 5.91 Å². The Morgan fingerprint density at radius 1 is 1.43 bits per heavy atom. The first-order valence-electron chi connectivity index (χ1n) is 6.98. The number of carbonyl (C=O) groups excluding carboxylic acids is 1. The summed E-state index contributed by atoms with van der Waals surface area (Å²) >= 11 is 11.3. The molecule has 0 aliphatic carbocycles. The molecule has 5 nitrogen and oxygen atoms in total. The maximum Gasteiger partial charge on any atom is 0.276 e. The molecule has 122 valence electrons. The molecule has 7 heteroatoms. The average molecular weight is 353 g/mol. The van der Waals surface area contributed by atoms with E-state index in [1.54, 1.807) is 31.3 Å². The molecular weight excluding hydrogens is 336 g/mol. The van der Waals surface area contributed by atoms with Crippen LogP contribution in [-0.4, -0.2) is 36.2 Å². The zero-order chi connectivity index (χ0) is 17.0. The molecule has 0 saturated carbocycles. The molecule has 1 fully saturated rings. The molecule has 1 aromatic rings. The zero-order valence-corrected chi connectivity index (χ0v) is 14.5. The van der Waals surface area contributed by atoms with Crippen molar-refractivity contribution in [3.8, 4) is 11.5 Å². The second-order valence-electron chi connectivity index (χ2n) is 4.72. The van der Waals surface area contributed by atoms with Gasteiger partial charge < -0.3 is 14.8 Å². The fourth-order valence-electron chi connectivity index (χ4n) is 2.01. The van der Waals surface area contributed by atoms with Gasteiger partial charge in [0.05, 0.1) is 11.6 Å². The Kier molecular flexibility index (Phi) is 5.63. The molecule has 1 heterocycles. The SMILES string of the molecule is C=CCOc1c(Cl)cc(C=C2NC(=S)N(C)C2=O)cc1OCC. The van der Waals surface area contributed by atoms with Gasteiger partial charge in [-0.25, -0.2) is 0 Å². The van der Waals surface area contributed by atoms with Crippen molar-refractivity contribution in [1.82, 2.24) is 10.2 Å². The number of likely N-dealkylation sites (N-methyl/N-ethyl adjacent to an activating group) is 1. The molecule has 1 N–H and O–H groups in total. The van der Waals surface area contributed by atoms with Crippen molar-refractivity contribution in [2.24, 2.45) is 0 Å². The van der Waals surface area contributed by atoms with Gasteiger partial charge in [-0.1, -0.05) is 24.3 Å². The van der Waals surface area contributed by atoms with Crippen molar-refractivity contribution in [3.63, 3.8) is 0 Å². The van der Waals surface area contributed by atoms with Crippen molar-refractivity contribution >= 4 is 40.9 Å². The van der Waals surface area contributed by atoms with E-state index in [0.717, 1.165) is 0 Å². The first-order valence-corrected chi connectivity index (χ1v) is 7.77. The summed E-state index contributed by atoms with van der Waals surface area (Å²) in [5, 5.41) is 3.62. The van der Waals surface area contributed by atoms with E-state index in [0.29, 0.717) is 46.1 Å². The van der Waals surface area contributed by atoms with Gasteiger partial charge in [-0.15, -0.1) is 0 Å². The van der Waals surface area contributed by atoms with Crippen LogP contribution in [0.3, 0.4) is 0 Å². The minimum Gasteiger partial charge on any atom is -0.490 e. The quantitative estimate of drug-likeness (QED) is 0.484. The second-order valence-corrected chi connectivity index (χ2v) is 5.51. The summed E-state index contributed by atoms with van der Waals surface area (Å²) in [6.45, 7) is 6.26. The summed E-state index contributed by atoms with van der Waals surface area (Å²) in [7, 11) is 1.61. The van der Waals surface area contributed by atoms with Crippen molar-refractivity contribution in [1.29, 1.82) is 0 Å². The molecule has 0 atom stereocenters. The Morgan fingerprint density at radius 2 is 2.17 bits per heavy atom. The van der Waals surface area contributed by atoms with E-state index in [4.69, 9.17) is 33.3 Å². The number of halogens is 1. The summed E-state index contributed by atoms with van der Waals surface area (Å²) in [5.41, 5.74) is 1.09. The van der Waals surface area contributed by atoms with E-state index in [2.05, 4.69) is 11.9 Å². The molecule has 0 aromatic heterocycles. The van der Waals surface area contributed by atoms with Crippen LogP contribution in [0.15, 0.2) is 30.5 Å². The van der Waals surface area contributed by atoms with Gasteiger partial charge in [0, 0.05) is 7.05 Å². The number of hydrogen-bond acceptors (Lipinski definition) is 4. The van der Waals surface area contributed by atoms with Crippen LogP contribution in [0.1, 0.15) is 12.5 Å². The van der Waals surface area contributed by atoms with E-state index in [1.807, 2.05) is 6.92 Å². The number of benzene rings is 1. The lowest BCUT2D eigenvalue weighted by molar-refractivity contribution is -0.121. The van der Waals surface area contributed by atoms with Gasteiger partial charge in [0.2, 0.25) is 0 Å². The van der Waals surface area contributed by atoms with E-state index in [9.17, 15) is 4.79 Å². The zero-order valence-electron chi connectivity index (χ0n) is 12.9. The second kappa shape index (κ2) is 7.48. The molecule has 1 saturated heterocycles. The number of amides is 1. The Labute approximate surface area is 145 Å². The lowest BCUT2D eigenvalue weighted by atomic mass is 10.1. The summed E-state index contributed by atoms with van der Waals surface area (Å²) < 4.78 is 11.1. The maximum atomic E-state index is 12.0. The molecular formula is C16H17ClN2O3S. The van der Waals surface area contributed by atoms with Gasteiger partial charge in [-0.05, 0) is 42.9 Å². The van der Waals surface area contributed by atoms with Gasteiger partial charge in [0.25, 0.3) is 5.91 Å². The molecule has 2 rings (SSSR count). The maximum absolute atomic E-state index is 12.0. The summed E-state index contributed by atoms with van der Waals surface area (Å²) in [6.07, 6.45) is 3.30.